The summed E-state index contributed by atoms with van der Waals surface area (Å²) in [5.74, 6) is 0.905. The lowest BCUT2D eigenvalue weighted by Gasteiger charge is -2.48. The highest BCUT2D eigenvalue weighted by Gasteiger charge is 2.45. The van der Waals surface area contributed by atoms with Crippen LogP contribution in [0.4, 0.5) is 0 Å². The van der Waals surface area contributed by atoms with Crippen molar-refractivity contribution < 1.29 is 19.0 Å². The Morgan fingerprint density at radius 3 is 2.64 bits per heavy atom. The van der Waals surface area contributed by atoms with Gasteiger partial charge in [-0.3, -0.25) is 9.48 Å². The first kappa shape index (κ1) is 23.8. The van der Waals surface area contributed by atoms with E-state index in [-0.39, 0.29) is 29.8 Å². The fraction of sp³-hybridized carbons (Fsp3) is 0.615. The second-order valence-corrected chi connectivity index (χ2v) is 9.63. The van der Waals surface area contributed by atoms with Crippen LogP contribution in [0.15, 0.2) is 30.5 Å². The predicted molar refractivity (Wildman–Crippen MR) is 126 cm³/mol. The average molecular weight is 456 g/mol. The molecule has 2 aliphatic rings. The van der Waals surface area contributed by atoms with Crippen molar-refractivity contribution in [1.82, 2.24) is 14.7 Å². The number of aryl methyl sites for hydroxylation is 2. The molecule has 2 unspecified atom stereocenters. The van der Waals surface area contributed by atoms with Gasteiger partial charge in [0.25, 0.3) is 5.91 Å². The highest BCUT2D eigenvalue weighted by molar-refractivity contribution is 5.94. The lowest BCUT2D eigenvalue weighted by Crippen LogP contribution is -2.52. The molecule has 1 amide bonds. The maximum atomic E-state index is 13.2. The second kappa shape index (κ2) is 9.85. The Morgan fingerprint density at radius 2 is 2.03 bits per heavy atom. The van der Waals surface area contributed by atoms with Gasteiger partial charge < -0.3 is 19.1 Å². The number of nitrogens with zero attached hydrogens (tertiary/aromatic N) is 3. The molecule has 33 heavy (non-hydrogen) atoms. The summed E-state index contributed by atoms with van der Waals surface area (Å²) in [5, 5.41) is 4.33. The fourth-order valence-corrected chi connectivity index (χ4v) is 5.17. The van der Waals surface area contributed by atoms with E-state index in [1.54, 1.807) is 0 Å². The van der Waals surface area contributed by atoms with Crippen molar-refractivity contribution in [1.29, 1.82) is 0 Å². The topological polar surface area (TPSA) is 65.8 Å². The normalized spacial score (nSPS) is 22.7. The molecule has 7 nitrogen and oxygen atoms in total. The molecule has 180 valence electrons. The molecule has 0 aliphatic carbocycles. The van der Waals surface area contributed by atoms with E-state index in [4.69, 9.17) is 14.2 Å². The van der Waals surface area contributed by atoms with E-state index in [0.717, 1.165) is 42.7 Å². The van der Waals surface area contributed by atoms with E-state index in [1.807, 2.05) is 74.8 Å². The molecular weight excluding hydrogens is 418 g/mol. The summed E-state index contributed by atoms with van der Waals surface area (Å²) >= 11 is 0. The Labute approximate surface area is 197 Å². The standard InChI is InChI=1S/C26H37N3O4/c1-6-31-21-16-24(22-9-12-27-28(22)5)33-26(17-21)10-13-29(14-11-26)25(30)20-7-8-23(19(4)15-20)32-18(2)3/h7-9,12,15,18,21,24H,6,10-11,13-14,16-17H2,1-5H3. The SMILES string of the molecule is CCOC1CC(c2ccnn2C)OC2(CCN(C(=O)c3ccc(OC(C)C)c(C)c3)CC2)C1. The largest absolute Gasteiger partial charge is 0.491 e. The third-order valence-corrected chi connectivity index (χ3v) is 6.81. The van der Waals surface area contributed by atoms with Gasteiger partial charge in [0.2, 0.25) is 0 Å². The van der Waals surface area contributed by atoms with Gasteiger partial charge in [0.1, 0.15) is 11.9 Å². The number of carbonyl (C=O) groups is 1. The van der Waals surface area contributed by atoms with Gasteiger partial charge in [0.05, 0.1) is 23.5 Å². The van der Waals surface area contributed by atoms with E-state index < -0.39 is 0 Å². The van der Waals surface area contributed by atoms with E-state index >= 15 is 0 Å². The lowest BCUT2D eigenvalue weighted by atomic mass is 9.81. The summed E-state index contributed by atoms with van der Waals surface area (Å²) in [5.41, 5.74) is 2.51. The number of carbonyl (C=O) groups excluding carboxylic acids is 1. The number of benzene rings is 1. The zero-order valence-corrected chi connectivity index (χ0v) is 20.5. The van der Waals surface area contributed by atoms with Gasteiger partial charge in [-0.25, -0.2) is 0 Å². The van der Waals surface area contributed by atoms with E-state index in [0.29, 0.717) is 25.3 Å². The number of ether oxygens (including phenoxy) is 3. The highest BCUT2D eigenvalue weighted by atomic mass is 16.5. The monoisotopic (exact) mass is 455 g/mol. The first-order chi connectivity index (χ1) is 15.8. The van der Waals surface area contributed by atoms with Crippen LogP contribution in [-0.2, 0) is 16.5 Å². The number of aromatic nitrogens is 2. The maximum absolute atomic E-state index is 13.2. The van der Waals surface area contributed by atoms with Gasteiger partial charge in [0.15, 0.2) is 0 Å². The Hall–Kier alpha value is -2.38. The number of piperidine rings is 1. The number of amides is 1. The van der Waals surface area contributed by atoms with Crippen molar-refractivity contribution in [2.75, 3.05) is 19.7 Å². The van der Waals surface area contributed by atoms with Crippen LogP contribution in [0.3, 0.4) is 0 Å². The van der Waals surface area contributed by atoms with Crippen LogP contribution in [0, 0.1) is 6.92 Å². The van der Waals surface area contributed by atoms with Gasteiger partial charge >= 0.3 is 0 Å². The van der Waals surface area contributed by atoms with Crippen molar-refractivity contribution >= 4 is 5.91 Å². The van der Waals surface area contributed by atoms with Crippen molar-refractivity contribution in [2.45, 2.75) is 77.3 Å². The van der Waals surface area contributed by atoms with Gasteiger partial charge in [0, 0.05) is 51.3 Å². The number of likely N-dealkylation sites (tertiary alicyclic amines) is 1. The smallest absolute Gasteiger partial charge is 0.253 e. The third kappa shape index (κ3) is 5.25. The third-order valence-electron chi connectivity index (χ3n) is 6.81. The van der Waals surface area contributed by atoms with Crippen LogP contribution < -0.4 is 4.74 Å². The fourth-order valence-electron chi connectivity index (χ4n) is 5.17. The number of hydrogen-bond donors (Lipinski definition) is 0. The summed E-state index contributed by atoms with van der Waals surface area (Å²) < 4.78 is 20.5. The van der Waals surface area contributed by atoms with E-state index in [1.165, 1.54) is 0 Å². The molecule has 1 spiro atoms. The molecule has 2 atom stereocenters. The van der Waals surface area contributed by atoms with Gasteiger partial charge in [-0.1, -0.05) is 0 Å². The van der Waals surface area contributed by atoms with Crippen molar-refractivity contribution in [3.63, 3.8) is 0 Å². The van der Waals surface area contributed by atoms with Crippen molar-refractivity contribution in [2.24, 2.45) is 7.05 Å². The van der Waals surface area contributed by atoms with Gasteiger partial charge in [-0.15, -0.1) is 0 Å². The van der Waals surface area contributed by atoms with Crippen LogP contribution >= 0.6 is 0 Å². The minimum atomic E-state index is -0.269. The Kier molecular flexibility index (Phi) is 7.10. The van der Waals surface area contributed by atoms with Crippen LogP contribution in [0.5, 0.6) is 5.75 Å². The summed E-state index contributed by atoms with van der Waals surface area (Å²) in [6, 6.07) is 7.74. The average Bonchev–Trinajstić information content (AvgIpc) is 3.21. The lowest BCUT2D eigenvalue weighted by molar-refractivity contribution is -0.192. The first-order valence-electron chi connectivity index (χ1n) is 12.1. The van der Waals surface area contributed by atoms with Gasteiger partial charge in [-0.05, 0) is 70.4 Å². The first-order valence-corrected chi connectivity index (χ1v) is 12.1. The molecule has 0 radical (unpaired) electrons. The number of hydrogen-bond acceptors (Lipinski definition) is 5. The zero-order chi connectivity index (χ0) is 23.6. The summed E-state index contributed by atoms with van der Waals surface area (Å²) in [7, 11) is 1.95. The Morgan fingerprint density at radius 1 is 1.27 bits per heavy atom. The molecule has 1 aromatic carbocycles. The molecule has 4 rings (SSSR count). The zero-order valence-electron chi connectivity index (χ0n) is 20.5. The van der Waals surface area contributed by atoms with Crippen LogP contribution in [0.25, 0.3) is 0 Å². The highest BCUT2D eigenvalue weighted by Crippen LogP contribution is 2.44. The molecule has 1 aromatic heterocycles. The molecule has 2 aliphatic heterocycles. The van der Waals surface area contributed by atoms with Gasteiger partial charge in [-0.2, -0.15) is 5.10 Å². The van der Waals surface area contributed by atoms with Crippen LogP contribution in [-0.4, -0.2) is 58.1 Å². The van der Waals surface area contributed by atoms with E-state index in [2.05, 4.69) is 5.10 Å². The summed E-state index contributed by atoms with van der Waals surface area (Å²) in [6.45, 7) is 10.1. The quantitative estimate of drug-likeness (QED) is 0.644. The number of rotatable bonds is 6. The Balaban J connectivity index is 1.44. The maximum Gasteiger partial charge on any atom is 0.253 e. The minimum absolute atomic E-state index is 0.0406. The molecule has 2 saturated heterocycles. The molecule has 2 fully saturated rings. The van der Waals surface area contributed by atoms with Crippen molar-refractivity contribution in [3.8, 4) is 5.75 Å². The van der Waals surface area contributed by atoms with Crippen LogP contribution in [0.1, 0.15) is 74.2 Å². The van der Waals surface area contributed by atoms with Crippen LogP contribution in [0.2, 0.25) is 0 Å². The second-order valence-electron chi connectivity index (χ2n) is 9.63. The minimum Gasteiger partial charge on any atom is -0.491 e. The summed E-state index contributed by atoms with van der Waals surface area (Å²) in [6.07, 6.45) is 5.36. The Bertz CT molecular complexity index is 962. The molecule has 3 heterocycles. The molecular formula is C26H37N3O4. The summed E-state index contributed by atoms with van der Waals surface area (Å²) in [4.78, 5) is 15.2. The molecule has 2 aromatic rings. The van der Waals surface area contributed by atoms with E-state index in [9.17, 15) is 4.79 Å². The molecule has 0 saturated carbocycles. The predicted octanol–water partition coefficient (Wildman–Crippen LogP) is 4.45. The molecule has 0 N–H and O–H groups in total. The molecule has 0 bridgehead atoms. The molecule has 7 heteroatoms. The van der Waals surface area contributed by atoms with Crippen molar-refractivity contribution in [3.05, 3.63) is 47.3 Å².